The average Bonchev–Trinajstić information content (AvgIpc) is 2.85. The van der Waals surface area contributed by atoms with Crippen LogP contribution in [0.3, 0.4) is 0 Å². The minimum absolute atomic E-state index is 0.160. The normalized spacial score (nSPS) is 15.3. The van der Waals surface area contributed by atoms with Gasteiger partial charge in [-0.1, -0.05) is 0 Å². The maximum absolute atomic E-state index is 14.0. The van der Waals surface area contributed by atoms with Gasteiger partial charge in [0.1, 0.15) is 11.6 Å². The Balaban J connectivity index is 2.16. The van der Waals surface area contributed by atoms with E-state index in [1.54, 1.807) is 17.1 Å². The maximum atomic E-state index is 14.0. The van der Waals surface area contributed by atoms with Gasteiger partial charge in [-0.2, -0.15) is 5.10 Å². The molecule has 21 heavy (non-hydrogen) atoms. The van der Waals surface area contributed by atoms with Crippen molar-refractivity contribution in [3.05, 3.63) is 53.4 Å². The first kappa shape index (κ1) is 13.5. The van der Waals surface area contributed by atoms with Crippen LogP contribution in [-0.4, -0.2) is 15.7 Å². The summed E-state index contributed by atoms with van der Waals surface area (Å²) in [6.45, 7) is 1.89. The fraction of sp³-hybridized carbons (Fsp3) is 0.200. The summed E-state index contributed by atoms with van der Waals surface area (Å²) in [5.74, 6) is -1.56. The van der Waals surface area contributed by atoms with Gasteiger partial charge >= 0.3 is 0 Å². The Bertz CT molecular complexity index is 749. The molecule has 0 saturated carbocycles. The number of carbonyl (C=O) groups excluding carboxylic acids is 1. The standard InChI is InChI=1S/C15H13F2N3O/c1-9-7-18-20(8-9)13-4-5-14(21)19-15(13)11-3-2-10(16)6-12(11)17/h2-3,6-8H,4-5H2,1H3,(H,19,21). The lowest BCUT2D eigenvalue weighted by Crippen LogP contribution is -2.28. The molecule has 1 amide bonds. The molecule has 4 nitrogen and oxygen atoms in total. The third-order valence-electron chi connectivity index (χ3n) is 3.33. The number of rotatable bonds is 2. The van der Waals surface area contributed by atoms with Crippen LogP contribution in [0.5, 0.6) is 0 Å². The van der Waals surface area contributed by atoms with E-state index in [0.29, 0.717) is 24.2 Å². The second-order valence-corrected chi connectivity index (χ2v) is 4.96. The van der Waals surface area contributed by atoms with Gasteiger partial charge in [0.15, 0.2) is 0 Å². The Kier molecular flexibility index (Phi) is 3.29. The van der Waals surface area contributed by atoms with Crippen molar-refractivity contribution in [2.24, 2.45) is 0 Å². The van der Waals surface area contributed by atoms with E-state index in [1.807, 2.05) is 6.92 Å². The van der Waals surface area contributed by atoms with Crippen LogP contribution in [0.15, 0.2) is 30.6 Å². The second kappa shape index (κ2) is 5.12. The van der Waals surface area contributed by atoms with E-state index in [1.165, 1.54) is 6.07 Å². The number of hydrogen-bond donors (Lipinski definition) is 1. The van der Waals surface area contributed by atoms with Gasteiger partial charge < -0.3 is 5.32 Å². The first-order chi connectivity index (χ1) is 10.0. The molecular formula is C15H13F2N3O. The topological polar surface area (TPSA) is 46.9 Å². The number of carbonyl (C=O) groups is 1. The van der Waals surface area contributed by atoms with Crippen molar-refractivity contribution in [3.8, 4) is 0 Å². The van der Waals surface area contributed by atoms with Crippen molar-refractivity contribution in [2.75, 3.05) is 0 Å². The van der Waals surface area contributed by atoms with Crippen LogP contribution in [0.2, 0.25) is 0 Å². The highest BCUT2D eigenvalue weighted by molar-refractivity contribution is 5.97. The summed E-state index contributed by atoms with van der Waals surface area (Å²) in [5, 5.41) is 6.87. The van der Waals surface area contributed by atoms with Crippen LogP contribution < -0.4 is 5.32 Å². The zero-order valence-electron chi connectivity index (χ0n) is 11.4. The average molecular weight is 289 g/mol. The lowest BCUT2D eigenvalue weighted by Gasteiger charge is -2.21. The maximum Gasteiger partial charge on any atom is 0.224 e. The summed E-state index contributed by atoms with van der Waals surface area (Å²) in [6, 6.07) is 3.29. The molecule has 0 atom stereocenters. The van der Waals surface area contributed by atoms with Crippen LogP contribution in [0.25, 0.3) is 11.4 Å². The monoisotopic (exact) mass is 289 g/mol. The predicted molar refractivity (Wildman–Crippen MR) is 73.8 cm³/mol. The van der Waals surface area contributed by atoms with E-state index in [4.69, 9.17) is 0 Å². The first-order valence-electron chi connectivity index (χ1n) is 6.54. The van der Waals surface area contributed by atoms with Crippen LogP contribution in [0.1, 0.15) is 24.0 Å². The summed E-state index contributed by atoms with van der Waals surface area (Å²) >= 11 is 0. The molecular weight excluding hydrogens is 276 g/mol. The van der Waals surface area contributed by atoms with Gasteiger partial charge in [-0.15, -0.1) is 0 Å². The third-order valence-corrected chi connectivity index (χ3v) is 3.33. The molecule has 3 rings (SSSR count). The molecule has 1 aliphatic heterocycles. The molecule has 1 N–H and O–H groups in total. The Morgan fingerprint density at radius 2 is 2.10 bits per heavy atom. The van der Waals surface area contributed by atoms with Gasteiger partial charge in [-0.3, -0.25) is 4.79 Å². The molecule has 1 aliphatic rings. The van der Waals surface area contributed by atoms with Crippen molar-refractivity contribution >= 4 is 17.3 Å². The van der Waals surface area contributed by atoms with E-state index in [9.17, 15) is 13.6 Å². The van der Waals surface area contributed by atoms with Crippen LogP contribution in [0.4, 0.5) is 8.78 Å². The van der Waals surface area contributed by atoms with Crippen molar-refractivity contribution in [3.63, 3.8) is 0 Å². The summed E-state index contributed by atoms with van der Waals surface area (Å²) in [6.07, 6.45) is 4.23. The van der Waals surface area contributed by atoms with E-state index in [2.05, 4.69) is 10.4 Å². The van der Waals surface area contributed by atoms with Crippen molar-refractivity contribution < 1.29 is 13.6 Å². The van der Waals surface area contributed by atoms with E-state index < -0.39 is 11.6 Å². The zero-order valence-corrected chi connectivity index (χ0v) is 11.4. The van der Waals surface area contributed by atoms with Gasteiger partial charge in [0.25, 0.3) is 0 Å². The Morgan fingerprint density at radius 1 is 1.29 bits per heavy atom. The zero-order chi connectivity index (χ0) is 15.0. The molecule has 2 aromatic rings. The van der Waals surface area contributed by atoms with Gasteiger partial charge in [-0.25, -0.2) is 13.5 Å². The molecule has 108 valence electrons. The predicted octanol–water partition coefficient (Wildman–Crippen LogP) is 2.71. The third kappa shape index (κ3) is 2.56. The number of halogens is 2. The lowest BCUT2D eigenvalue weighted by molar-refractivity contribution is -0.120. The lowest BCUT2D eigenvalue weighted by atomic mass is 10.0. The molecule has 0 unspecified atom stereocenters. The molecule has 6 heteroatoms. The Morgan fingerprint density at radius 3 is 2.76 bits per heavy atom. The molecule has 0 aliphatic carbocycles. The molecule has 0 saturated heterocycles. The molecule has 0 fully saturated rings. The first-order valence-corrected chi connectivity index (χ1v) is 6.54. The molecule has 0 bridgehead atoms. The number of nitrogens with one attached hydrogen (secondary N) is 1. The van der Waals surface area contributed by atoms with Gasteiger partial charge in [0.05, 0.1) is 17.6 Å². The number of aromatic nitrogens is 2. The Hall–Kier alpha value is -2.50. The van der Waals surface area contributed by atoms with Gasteiger partial charge in [0.2, 0.25) is 5.91 Å². The molecule has 1 aromatic carbocycles. The number of allylic oxidation sites excluding steroid dienone is 1. The van der Waals surface area contributed by atoms with E-state index in [-0.39, 0.29) is 11.5 Å². The van der Waals surface area contributed by atoms with Crippen molar-refractivity contribution in [1.29, 1.82) is 0 Å². The molecule has 0 spiro atoms. The number of amides is 1. The van der Waals surface area contributed by atoms with Crippen LogP contribution in [0, 0.1) is 18.6 Å². The fourth-order valence-corrected chi connectivity index (χ4v) is 2.34. The fourth-order valence-electron chi connectivity index (χ4n) is 2.34. The quantitative estimate of drug-likeness (QED) is 0.924. The number of hydrogen-bond acceptors (Lipinski definition) is 2. The van der Waals surface area contributed by atoms with E-state index >= 15 is 0 Å². The molecule has 2 heterocycles. The summed E-state index contributed by atoms with van der Waals surface area (Å²) in [7, 11) is 0. The second-order valence-electron chi connectivity index (χ2n) is 4.96. The minimum atomic E-state index is -0.714. The number of nitrogens with zero attached hydrogens (tertiary/aromatic N) is 2. The van der Waals surface area contributed by atoms with Crippen LogP contribution in [-0.2, 0) is 4.79 Å². The van der Waals surface area contributed by atoms with Gasteiger partial charge in [-0.05, 0) is 24.6 Å². The summed E-state index contributed by atoms with van der Waals surface area (Å²) in [5.41, 5.74) is 2.14. The SMILES string of the molecule is Cc1cnn(C2=C(c3ccc(F)cc3F)NC(=O)CC2)c1. The molecule has 0 radical (unpaired) electrons. The van der Waals surface area contributed by atoms with Crippen molar-refractivity contribution in [2.45, 2.75) is 19.8 Å². The molecule has 1 aromatic heterocycles. The summed E-state index contributed by atoms with van der Waals surface area (Å²) in [4.78, 5) is 11.6. The number of aryl methyl sites for hydroxylation is 1. The minimum Gasteiger partial charge on any atom is -0.324 e. The van der Waals surface area contributed by atoms with Gasteiger partial charge in [0, 0.05) is 30.7 Å². The highest BCUT2D eigenvalue weighted by atomic mass is 19.1. The largest absolute Gasteiger partial charge is 0.324 e. The van der Waals surface area contributed by atoms with E-state index in [0.717, 1.165) is 17.7 Å². The number of benzene rings is 1. The highest BCUT2D eigenvalue weighted by Gasteiger charge is 2.23. The van der Waals surface area contributed by atoms with Crippen LogP contribution >= 0.6 is 0 Å². The Labute approximate surface area is 120 Å². The smallest absolute Gasteiger partial charge is 0.224 e. The summed E-state index contributed by atoms with van der Waals surface area (Å²) < 4.78 is 28.7. The van der Waals surface area contributed by atoms with Crippen molar-refractivity contribution in [1.82, 2.24) is 15.1 Å². The highest BCUT2D eigenvalue weighted by Crippen LogP contribution is 2.29.